The van der Waals surface area contributed by atoms with Gasteiger partial charge in [-0.25, -0.2) is 28.3 Å². The maximum atomic E-state index is 15.3. The predicted molar refractivity (Wildman–Crippen MR) is 220 cm³/mol. The number of likely N-dealkylation sites (N-methyl/N-ethyl adjacent to an activating group) is 1. The van der Waals surface area contributed by atoms with Gasteiger partial charge in [0, 0.05) is 53.7 Å². The summed E-state index contributed by atoms with van der Waals surface area (Å²) < 4.78 is 34.9. The molecule has 20 heteroatoms. The van der Waals surface area contributed by atoms with Crippen LogP contribution in [0.2, 0.25) is 0 Å². The zero-order valence-corrected chi connectivity index (χ0v) is 33.8. The van der Waals surface area contributed by atoms with E-state index in [1.807, 2.05) is 6.07 Å². The maximum Gasteiger partial charge on any atom is 0.328 e. The van der Waals surface area contributed by atoms with E-state index in [4.69, 9.17) is 34.6 Å². The second kappa shape index (κ2) is 22.9. The number of carboxylic acid groups (broad SMARTS) is 4. The molecule has 2 heterocycles. The van der Waals surface area contributed by atoms with Gasteiger partial charge in [-0.2, -0.15) is 0 Å². The molecular weight excluding hydrogens is 817 g/mol. The van der Waals surface area contributed by atoms with Crippen LogP contribution in [0.4, 0.5) is 10.1 Å². The standard InChI is InChI=1S/C34H34FN5O6.2C4H4O4/c1-21(45-31(41)20-38(3)4)19-39-22(2)32(34(43)40(39)24-9-7-6-8-10-24)33(42)37-23-11-14-30(27(35)17-23)46-29-15-16-36-28-18-25(44-5)12-13-26(28)29;2*5-3(6)1-2-4(7)8/h6-18,21H,19-20H2,1-5H3,(H,37,42);2*1-2H,(H,5,6)(H,7,8)/b;2*2-1+/t21-;;/m1../s1. The highest BCUT2D eigenvalue weighted by molar-refractivity contribution is 6.05. The van der Waals surface area contributed by atoms with Gasteiger partial charge in [0.1, 0.15) is 23.2 Å². The van der Waals surface area contributed by atoms with Crippen molar-refractivity contribution < 1.29 is 67.8 Å². The first kappa shape index (κ1) is 48.2. The molecule has 326 valence electrons. The minimum atomic E-state index is -1.26. The van der Waals surface area contributed by atoms with Crippen LogP contribution < -0.4 is 20.3 Å². The molecule has 0 aliphatic heterocycles. The van der Waals surface area contributed by atoms with Crippen LogP contribution in [0.25, 0.3) is 16.6 Å². The summed E-state index contributed by atoms with van der Waals surface area (Å²) in [4.78, 5) is 83.7. The van der Waals surface area contributed by atoms with Crippen molar-refractivity contribution in [2.45, 2.75) is 26.5 Å². The average molecular weight is 860 g/mol. The first-order valence-corrected chi connectivity index (χ1v) is 18.0. The summed E-state index contributed by atoms with van der Waals surface area (Å²) in [6, 6.07) is 19.7. The minimum Gasteiger partial charge on any atom is -0.497 e. The molecule has 5 aromatic rings. The van der Waals surface area contributed by atoms with Crippen LogP contribution in [0.15, 0.2) is 108 Å². The lowest BCUT2D eigenvalue weighted by atomic mass is 10.2. The van der Waals surface area contributed by atoms with Gasteiger partial charge in [-0.15, -0.1) is 0 Å². The van der Waals surface area contributed by atoms with Crippen LogP contribution >= 0.6 is 0 Å². The van der Waals surface area contributed by atoms with Gasteiger partial charge in [-0.1, -0.05) is 18.2 Å². The Morgan fingerprint density at radius 2 is 1.44 bits per heavy atom. The number of hydrogen-bond acceptors (Lipinski definition) is 12. The summed E-state index contributed by atoms with van der Waals surface area (Å²) in [5.41, 5.74) is 0.915. The Morgan fingerprint density at radius 1 is 0.839 bits per heavy atom. The van der Waals surface area contributed by atoms with Crippen molar-refractivity contribution in [3.63, 3.8) is 0 Å². The molecule has 0 saturated heterocycles. The van der Waals surface area contributed by atoms with Crippen molar-refractivity contribution in [2.75, 3.05) is 33.1 Å². The number of nitrogens with zero attached hydrogens (tertiary/aromatic N) is 4. The average Bonchev–Trinajstić information content (AvgIpc) is 3.45. The van der Waals surface area contributed by atoms with E-state index in [1.165, 1.54) is 16.8 Å². The first-order valence-electron chi connectivity index (χ1n) is 18.0. The number of carbonyl (C=O) groups excluding carboxylic acids is 2. The highest BCUT2D eigenvalue weighted by Gasteiger charge is 2.26. The third-order valence-corrected chi connectivity index (χ3v) is 7.89. The normalized spacial score (nSPS) is 11.2. The number of aromatic nitrogens is 3. The molecule has 5 rings (SSSR count). The van der Waals surface area contributed by atoms with Gasteiger partial charge < -0.3 is 40.0 Å². The number of carboxylic acids is 4. The second-order valence-corrected chi connectivity index (χ2v) is 12.9. The van der Waals surface area contributed by atoms with Crippen molar-refractivity contribution >= 4 is 52.3 Å². The van der Waals surface area contributed by atoms with E-state index in [2.05, 4.69) is 10.3 Å². The number of anilines is 1. The lowest BCUT2D eigenvalue weighted by Crippen LogP contribution is -2.31. The Hall–Kier alpha value is -8.13. The molecule has 0 spiro atoms. The molecule has 0 fully saturated rings. The highest BCUT2D eigenvalue weighted by Crippen LogP contribution is 2.33. The van der Waals surface area contributed by atoms with Gasteiger partial charge in [0.2, 0.25) is 0 Å². The summed E-state index contributed by atoms with van der Waals surface area (Å²) in [6.45, 7) is 3.56. The van der Waals surface area contributed by atoms with Crippen LogP contribution in [0.5, 0.6) is 17.2 Å². The number of carbonyl (C=O) groups is 6. The van der Waals surface area contributed by atoms with Crippen molar-refractivity contribution in [1.82, 2.24) is 19.2 Å². The number of fused-ring (bicyclic) bond motifs is 1. The monoisotopic (exact) mass is 859 g/mol. The van der Waals surface area contributed by atoms with Crippen molar-refractivity contribution in [1.29, 1.82) is 0 Å². The maximum absolute atomic E-state index is 15.3. The number of methoxy groups -OCH3 is 1. The summed E-state index contributed by atoms with van der Waals surface area (Å²) in [5.74, 6) is -5.93. The van der Waals surface area contributed by atoms with Gasteiger partial charge in [-0.3, -0.25) is 28.9 Å². The Bertz CT molecular complexity index is 2480. The van der Waals surface area contributed by atoms with E-state index in [-0.39, 0.29) is 30.1 Å². The van der Waals surface area contributed by atoms with E-state index in [1.54, 1.807) is 99.4 Å². The molecule has 2 aromatic heterocycles. The number of aliphatic carboxylic acids is 4. The second-order valence-electron chi connectivity index (χ2n) is 12.9. The van der Waals surface area contributed by atoms with E-state index < -0.39 is 53.2 Å². The fourth-order valence-corrected chi connectivity index (χ4v) is 5.33. The van der Waals surface area contributed by atoms with Crippen molar-refractivity contribution in [3.8, 4) is 22.9 Å². The number of pyridine rings is 1. The molecule has 0 aliphatic carbocycles. The van der Waals surface area contributed by atoms with Gasteiger partial charge >= 0.3 is 29.8 Å². The molecule has 1 amide bonds. The molecule has 19 nitrogen and oxygen atoms in total. The molecular formula is C42H42FN5O14. The summed E-state index contributed by atoms with van der Waals surface area (Å²) in [5, 5.41) is 34.5. The van der Waals surface area contributed by atoms with Crippen LogP contribution in [0.1, 0.15) is 23.0 Å². The highest BCUT2D eigenvalue weighted by atomic mass is 19.1. The van der Waals surface area contributed by atoms with Crippen LogP contribution in [0, 0.1) is 12.7 Å². The molecule has 0 aliphatic rings. The number of ether oxygens (including phenoxy) is 3. The van der Waals surface area contributed by atoms with Gasteiger partial charge in [0.05, 0.1) is 37.1 Å². The summed E-state index contributed by atoms with van der Waals surface area (Å²) in [6.07, 6.45) is 3.18. The van der Waals surface area contributed by atoms with E-state index in [9.17, 15) is 33.6 Å². The Morgan fingerprint density at radius 3 is 1.97 bits per heavy atom. The number of benzene rings is 3. The predicted octanol–water partition coefficient (Wildman–Crippen LogP) is 4.60. The van der Waals surface area contributed by atoms with Crippen molar-refractivity contribution in [3.05, 3.63) is 131 Å². The topological polar surface area (TPSA) is 266 Å². The number of nitrogens with one attached hydrogen (secondary N) is 1. The molecule has 62 heavy (non-hydrogen) atoms. The van der Waals surface area contributed by atoms with E-state index in [0.29, 0.717) is 58.1 Å². The number of esters is 1. The van der Waals surface area contributed by atoms with Crippen LogP contribution in [-0.2, 0) is 35.3 Å². The molecule has 0 unspecified atom stereocenters. The Labute approximate surface area is 352 Å². The fraction of sp³-hybridized carbons (Fsp3) is 0.190. The fourth-order valence-electron chi connectivity index (χ4n) is 5.33. The zero-order chi connectivity index (χ0) is 46.1. The van der Waals surface area contributed by atoms with Gasteiger partial charge in [0.15, 0.2) is 11.6 Å². The number of para-hydroxylation sites is 1. The van der Waals surface area contributed by atoms with Gasteiger partial charge in [0.25, 0.3) is 11.5 Å². The lowest BCUT2D eigenvalue weighted by Gasteiger charge is -2.19. The largest absolute Gasteiger partial charge is 0.497 e. The minimum absolute atomic E-state index is 0.0621. The lowest BCUT2D eigenvalue weighted by molar-refractivity contribution is -0.149. The number of hydrogen-bond donors (Lipinski definition) is 5. The third kappa shape index (κ3) is 14.6. The Kier molecular flexibility index (Phi) is 17.8. The molecule has 1 atom stereocenters. The summed E-state index contributed by atoms with van der Waals surface area (Å²) >= 11 is 0. The smallest absolute Gasteiger partial charge is 0.328 e. The quantitative estimate of drug-likeness (QED) is 0.0711. The van der Waals surface area contributed by atoms with Crippen molar-refractivity contribution in [2.24, 2.45) is 0 Å². The Balaban J connectivity index is 0.000000541. The zero-order valence-electron chi connectivity index (χ0n) is 33.8. The molecule has 3 aromatic carbocycles. The summed E-state index contributed by atoms with van der Waals surface area (Å²) in [7, 11) is 5.07. The number of rotatable bonds is 15. The molecule has 0 bridgehead atoms. The molecule has 0 saturated carbocycles. The number of amides is 1. The number of halogens is 1. The SMILES string of the molecule is COc1ccc2c(Oc3ccc(NC(=O)c4c(C)n(C[C@@H](C)OC(=O)CN(C)C)n(-c5ccccc5)c4=O)cc3F)ccnc2c1.O=C(O)/C=C/C(=O)O.O=C(O)/C=C/C(=O)O. The van der Waals surface area contributed by atoms with Crippen LogP contribution in [0.3, 0.4) is 0 Å². The molecule has 5 N–H and O–H groups in total. The third-order valence-electron chi connectivity index (χ3n) is 7.89. The van der Waals surface area contributed by atoms with Gasteiger partial charge in [-0.05, 0) is 70.4 Å². The molecule has 0 radical (unpaired) electrons. The van der Waals surface area contributed by atoms with Crippen LogP contribution in [-0.4, -0.2) is 109 Å². The first-order chi connectivity index (χ1) is 29.3. The van der Waals surface area contributed by atoms with E-state index in [0.717, 1.165) is 6.07 Å². The van der Waals surface area contributed by atoms with E-state index >= 15 is 4.39 Å².